The number of nitrogens with one attached hydrogen (secondary N) is 4. The summed E-state index contributed by atoms with van der Waals surface area (Å²) in [5, 5.41) is 39.0. The first-order chi connectivity index (χ1) is 34.1. The number of aromatic amines is 1. The molecule has 1 saturated carbocycles. The zero-order chi connectivity index (χ0) is 51.9. The summed E-state index contributed by atoms with van der Waals surface area (Å²) < 4.78 is 12.2. The van der Waals surface area contributed by atoms with Gasteiger partial charge >= 0.3 is 0 Å². The molecule has 5 heterocycles. The van der Waals surface area contributed by atoms with E-state index in [2.05, 4.69) is 69.5 Å². The molecule has 384 valence electrons. The number of piperazine rings is 1. The Kier molecular flexibility index (Phi) is 15.1. The summed E-state index contributed by atoms with van der Waals surface area (Å²) in [5.74, 6) is -0.145. The normalized spacial score (nSPS) is 24.0. The molecule has 2 unspecified atom stereocenters. The van der Waals surface area contributed by atoms with Crippen LogP contribution in [0.5, 0.6) is 5.75 Å². The standard InChI is InChI=1S/C53H67ClN10O8/c1-30(31-9-11-32(12-10-31)44-40(27-65)57-29-58-44)59-47(69)41-20-37(66)26-64(41)48(70)45(51(2,3)4)60-43(67)28-71-18-17-62-24-36-19-35(62)25-63(36)42-16-14-34(23-56-42)46(68)61-49-52(5,6)50(53(49,7)8)72-38-15-13-33(22-55)39(54)21-38/h9-16,21,23,29-30,35-37,41,45,49-50,65-66H,17-20,24-28H2,1-8H3,(H,57,58)(H,59,69)(H,60,67)(H,61,68)/t30-,35-,36-,37+,41?,45?,49?,50?/m0/s1. The van der Waals surface area contributed by atoms with E-state index in [0.717, 1.165) is 36.5 Å². The Balaban J connectivity index is 0.774. The number of carbonyl (C=O) groups is 4. The maximum absolute atomic E-state index is 14.2. The van der Waals surface area contributed by atoms with Crippen molar-refractivity contribution in [1.29, 1.82) is 5.26 Å². The maximum Gasteiger partial charge on any atom is 0.253 e. The number of amides is 4. The minimum Gasteiger partial charge on any atom is -0.489 e. The van der Waals surface area contributed by atoms with Crippen LogP contribution in [0.25, 0.3) is 11.3 Å². The van der Waals surface area contributed by atoms with E-state index in [0.29, 0.717) is 46.4 Å². The molecule has 8 rings (SSSR count). The highest BCUT2D eigenvalue weighted by Crippen LogP contribution is 2.55. The van der Waals surface area contributed by atoms with Crippen molar-refractivity contribution in [2.75, 3.05) is 44.3 Å². The number of aromatic nitrogens is 3. The Bertz CT molecular complexity index is 2670. The zero-order valence-corrected chi connectivity index (χ0v) is 43.0. The number of hydrogen-bond donors (Lipinski definition) is 6. The lowest BCUT2D eigenvalue weighted by Gasteiger charge is -2.63. The molecule has 3 saturated heterocycles. The van der Waals surface area contributed by atoms with Crippen LogP contribution >= 0.6 is 11.6 Å². The monoisotopic (exact) mass is 1010 g/mol. The number of halogens is 1. The highest BCUT2D eigenvalue weighted by molar-refractivity contribution is 6.31. The SMILES string of the molecule is C[C@H](NC(=O)C1C[C@@H](O)CN1C(=O)C(NC(=O)COCCN1C[C@@H]2C[C@H]1CN2c1ccc(C(=O)NC2C(C)(C)C(Oc3ccc(C#N)c(Cl)c3)C2(C)C)cn1)C(C)(C)C)c1ccc(-c2nc[nH]c2CO)cc1. The van der Waals surface area contributed by atoms with Crippen molar-refractivity contribution in [2.24, 2.45) is 16.2 Å². The third kappa shape index (κ3) is 10.7. The number of aliphatic hydroxyl groups is 2. The molecule has 72 heavy (non-hydrogen) atoms. The number of H-pyrrole nitrogens is 1. The summed E-state index contributed by atoms with van der Waals surface area (Å²) in [4.78, 5) is 72.7. The zero-order valence-electron chi connectivity index (χ0n) is 42.2. The number of carbonyl (C=O) groups excluding carboxylic acids is 4. The van der Waals surface area contributed by atoms with Gasteiger partial charge in [-0.1, -0.05) is 84.3 Å². The molecule has 0 spiro atoms. The van der Waals surface area contributed by atoms with Gasteiger partial charge in [0.2, 0.25) is 17.7 Å². The lowest BCUT2D eigenvalue weighted by molar-refractivity contribution is -0.164. The third-order valence-corrected chi connectivity index (χ3v) is 15.4. The van der Waals surface area contributed by atoms with Gasteiger partial charge in [0.25, 0.3) is 5.91 Å². The number of hydrogen-bond acceptors (Lipinski definition) is 13. The number of fused-ring (bicyclic) bond motifs is 2. The maximum atomic E-state index is 14.2. The molecule has 4 aliphatic rings. The number of rotatable bonds is 17. The van der Waals surface area contributed by atoms with Crippen LogP contribution in [0.1, 0.15) is 101 Å². The predicted octanol–water partition coefficient (Wildman–Crippen LogP) is 4.75. The summed E-state index contributed by atoms with van der Waals surface area (Å²) in [5.41, 5.74) is 2.19. The number of imidazole rings is 1. The Morgan fingerprint density at radius 1 is 0.972 bits per heavy atom. The number of likely N-dealkylation sites (tertiary alicyclic amines) is 2. The number of pyridine rings is 1. The molecule has 4 amide bonds. The second-order valence-electron chi connectivity index (χ2n) is 22.0. The van der Waals surface area contributed by atoms with Crippen LogP contribution in [0.2, 0.25) is 5.02 Å². The fraction of sp³-hybridized carbons (Fsp3) is 0.528. The molecule has 3 aliphatic heterocycles. The fourth-order valence-corrected chi connectivity index (χ4v) is 11.7. The molecule has 6 atom stereocenters. The van der Waals surface area contributed by atoms with Crippen LogP contribution in [0.3, 0.4) is 0 Å². The lowest BCUT2D eigenvalue weighted by atomic mass is 9.49. The van der Waals surface area contributed by atoms with Crippen molar-refractivity contribution in [2.45, 2.75) is 123 Å². The molecular formula is C53H67ClN10O8. The highest BCUT2D eigenvalue weighted by atomic mass is 35.5. The van der Waals surface area contributed by atoms with Crippen LogP contribution < -0.4 is 25.6 Å². The van der Waals surface area contributed by atoms with Crippen molar-refractivity contribution in [1.82, 2.24) is 40.7 Å². The summed E-state index contributed by atoms with van der Waals surface area (Å²) in [6.07, 6.45) is 3.04. The Morgan fingerprint density at radius 3 is 2.33 bits per heavy atom. The number of aliphatic hydroxyl groups excluding tert-OH is 2. The number of benzene rings is 2. The Hall–Kier alpha value is -6.10. The van der Waals surface area contributed by atoms with E-state index in [1.165, 1.54) is 11.2 Å². The van der Waals surface area contributed by atoms with Gasteiger partial charge in [-0.2, -0.15) is 5.26 Å². The topological polar surface area (TPSA) is 238 Å². The van der Waals surface area contributed by atoms with Crippen molar-refractivity contribution in [3.63, 3.8) is 0 Å². The Labute approximate surface area is 425 Å². The van der Waals surface area contributed by atoms with Gasteiger partial charge in [-0.25, -0.2) is 9.97 Å². The molecule has 6 N–H and O–H groups in total. The third-order valence-electron chi connectivity index (χ3n) is 15.0. The molecule has 4 fully saturated rings. The molecule has 0 radical (unpaired) electrons. The highest BCUT2D eigenvalue weighted by Gasteiger charge is 2.64. The number of ether oxygens (including phenoxy) is 2. The Morgan fingerprint density at radius 2 is 1.71 bits per heavy atom. The number of anilines is 1. The average Bonchev–Trinajstić information content (AvgIpc) is 4.17. The smallest absolute Gasteiger partial charge is 0.253 e. The van der Waals surface area contributed by atoms with Crippen LogP contribution in [-0.2, 0) is 25.7 Å². The second-order valence-corrected chi connectivity index (χ2v) is 22.4. The molecule has 1 aliphatic carbocycles. The van der Waals surface area contributed by atoms with E-state index in [4.69, 9.17) is 26.1 Å². The minimum atomic E-state index is -0.986. The van der Waals surface area contributed by atoms with E-state index >= 15 is 0 Å². The average molecular weight is 1010 g/mol. The lowest BCUT2D eigenvalue weighted by Crippen LogP contribution is -2.74. The quantitative estimate of drug-likeness (QED) is 0.0785. The first-order valence-electron chi connectivity index (χ1n) is 24.6. The first kappa shape index (κ1) is 52.2. The molecule has 2 bridgehead atoms. The van der Waals surface area contributed by atoms with E-state index < -0.39 is 58.2 Å². The summed E-state index contributed by atoms with van der Waals surface area (Å²) in [6.45, 7) is 17.6. The first-order valence-corrected chi connectivity index (χ1v) is 25.0. The number of nitrogens with zero attached hydrogens (tertiary/aromatic N) is 6. The summed E-state index contributed by atoms with van der Waals surface area (Å²) in [6, 6.07) is 16.3. The summed E-state index contributed by atoms with van der Waals surface area (Å²) in [7, 11) is 0. The fourth-order valence-electron chi connectivity index (χ4n) is 11.5. The molecule has 4 aromatic rings. The van der Waals surface area contributed by atoms with Gasteiger partial charge in [0.15, 0.2) is 0 Å². The van der Waals surface area contributed by atoms with E-state index in [9.17, 15) is 34.7 Å². The van der Waals surface area contributed by atoms with Gasteiger partial charge in [0.1, 0.15) is 42.4 Å². The molecule has 2 aromatic heterocycles. The van der Waals surface area contributed by atoms with Crippen molar-refractivity contribution >= 4 is 41.0 Å². The largest absolute Gasteiger partial charge is 0.489 e. The van der Waals surface area contributed by atoms with Gasteiger partial charge in [0.05, 0.1) is 59.2 Å². The van der Waals surface area contributed by atoms with Crippen molar-refractivity contribution in [3.05, 3.63) is 94.5 Å². The summed E-state index contributed by atoms with van der Waals surface area (Å²) >= 11 is 6.26. The number of β-amino-alcohol motifs (C(OH)–C–C–N with tert-alkyl or cyclic N) is 1. The van der Waals surface area contributed by atoms with Crippen LogP contribution in [0, 0.1) is 27.6 Å². The molecule has 2 aromatic carbocycles. The van der Waals surface area contributed by atoms with Gasteiger partial charge in [-0.15, -0.1) is 0 Å². The molecule has 18 nitrogen and oxygen atoms in total. The predicted molar refractivity (Wildman–Crippen MR) is 270 cm³/mol. The number of nitriles is 1. The van der Waals surface area contributed by atoms with Crippen molar-refractivity contribution < 1.29 is 38.9 Å². The minimum absolute atomic E-state index is 0.0420. The van der Waals surface area contributed by atoms with Gasteiger partial charge in [0, 0.05) is 79.4 Å². The van der Waals surface area contributed by atoms with E-state index in [-0.39, 0.29) is 56.3 Å². The molecular weight excluding hydrogens is 940 g/mol. The van der Waals surface area contributed by atoms with Crippen LogP contribution in [0.15, 0.2) is 67.1 Å². The van der Waals surface area contributed by atoms with Crippen LogP contribution in [0.4, 0.5) is 5.82 Å². The van der Waals surface area contributed by atoms with Crippen molar-refractivity contribution in [3.8, 4) is 23.1 Å². The van der Waals surface area contributed by atoms with Gasteiger partial charge in [-0.05, 0) is 48.6 Å². The van der Waals surface area contributed by atoms with Crippen LogP contribution in [-0.4, -0.2) is 140 Å². The van der Waals surface area contributed by atoms with E-state index in [1.54, 1.807) is 24.4 Å². The van der Waals surface area contributed by atoms with Gasteiger partial charge in [-0.3, -0.25) is 24.1 Å². The van der Waals surface area contributed by atoms with E-state index in [1.807, 2.05) is 64.1 Å². The van der Waals surface area contributed by atoms with Gasteiger partial charge < -0.3 is 50.4 Å². The second kappa shape index (κ2) is 20.8. The molecule has 19 heteroatoms.